The monoisotopic (exact) mass is 447 g/mol. The van der Waals surface area contributed by atoms with Gasteiger partial charge in [-0.25, -0.2) is 9.37 Å². The predicted molar refractivity (Wildman–Crippen MR) is 120 cm³/mol. The summed E-state index contributed by atoms with van der Waals surface area (Å²) in [5, 5.41) is 10.1. The van der Waals surface area contributed by atoms with Gasteiger partial charge in [0.1, 0.15) is 12.4 Å². The number of rotatable bonds is 7. The van der Waals surface area contributed by atoms with Crippen LogP contribution in [-0.4, -0.2) is 39.4 Å². The Morgan fingerprint density at radius 3 is 2.91 bits per heavy atom. The summed E-state index contributed by atoms with van der Waals surface area (Å²) in [6.45, 7) is 0.992. The number of halogens is 1. The molecule has 1 aliphatic heterocycles. The van der Waals surface area contributed by atoms with Crippen LogP contribution in [0.1, 0.15) is 23.5 Å². The third kappa shape index (κ3) is 4.05. The summed E-state index contributed by atoms with van der Waals surface area (Å²) in [5.74, 6) is 0.708. The first kappa shape index (κ1) is 20.7. The molecular weight excluding hydrogens is 425 g/mol. The summed E-state index contributed by atoms with van der Waals surface area (Å²) in [6.07, 6.45) is 5.49. The van der Waals surface area contributed by atoms with Crippen LogP contribution < -0.4 is 14.8 Å². The second kappa shape index (κ2) is 8.78. The van der Waals surface area contributed by atoms with Gasteiger partial charge in [0.25, 0.3) is 0 Å². The average molecular weight is 447 g/mol. The number of anilines is 1. The van der Waals surface area contributed by atoms with Gasteiger partial charge >= 0.3 is 0 Å². The number of nitrogens with one attached hydrogen (secondary N) is 2. The molecule has 8 nitrogen and oxygen atoms in total. The van der Waals surface area contributed by atoms with Gasteiger partial charge < -0.3 is 19.4 Å². The number of carbonyl (C=O) groups is 1. The maximum atomic E-state index is 13.9. The minimum absolute atomic E-state index is 0.156. The van der Waals surface area contributed by atoms with Crippen LogP contribution >= 0.6 is 0 Å². The van der Waals surface area contributed by atoms with Gasteiger partial charge in [0.15, 0.2) is 17.3 Å². The van der Waals surface area contributed by atoms with Crippen molar-refractivity contribution in [3.05, 3.63) is 78.1 Å². The lowest BCUT2D eigenvalue weighted by molar-refractivity contribution is -0.116. The summed E-state index contributed by atoms with van der Waals surface area (Å²) in [7, 11) is 1.58. The van der Waals surface area contributed by atoms with E-state index in [0.717, 1.165) is 11.1 Å². The normalized spacial score (nSPS) is 15.1. The number of benzene rings is 2. The topological polar surface area (TPSA) is 94.1 Å². The van der Waals surface area contributed by atoms with Crippen LogP contribution in [0.4, 0.5) is 10.2 Å². The molecule has 4 aromatic rings. The number of imidazole rings is 1. The third-order valence-electron chi connectivity index (χ3n) is 5.67. The zero-order valence-corrected chi connectivity index (χ0v) is 17.9. The van der Waals surface area contributed by atoms with Gasteiger partial charge in [-0.2, -0.15) is 5.10 Å². The van der Waals surface area contributed by atoms with Gasteiger partial charge in [0, 0.05) is 41.4 Å². The van der Waals surface area contributed by atoms with Crippen molar-refractivity contribution in [1.29, 1.82) is 0 Å². The van der Waals surface area contributed by atoms with Gasteiger partial charge in [0.2, 0.25) is 5.91 Å². The smallest absolute Gasteiger partial charge is 0.226 e. The molecule has 2 aromatic carbocycles. The highest BCUT2D eigenvalue weighted by Crippen LogP contribution is 2.46. The molecule has 3 heterocycles. The summed E-state index contributed by atoms with van der Waals surface area (Å²) in [6, 6.07) is 11.9. The summed E-state index contributed by atoms with van der Waals surface area (Å²) in [5.41, 5.74) is 2.89. The lowest BCUT2D eigenvalue weighted by Crippen LogP contribution is -2.24. The molecule has 5 rings (SSSR count). The van der Waals surface area contributed by atoms with Gasteiger partial charge in [-0.05, 0) is 18.2 Å². The first-order valence-electron chi connectivity index (χ1n) is 10.5. The number of nitrogens with zero attached hydrogens (tertiary/aromatic N) is 3. The van der Waals surface area contributed by atoms with Crippen molar-refractivity contribution in [3.8, 4) is 22.8 Å². The maximum absolute atomic E-state index is 13.9. The Morgan fingerprint density at radius 1 is 1.24 bits per heavy atom. The molecular formula is C24H22FN5O3. The highest BCUT2D eigenvalue weighted by molar-refractivity contribution is 5.96. The number of amides is 1. The van der Waals surface area contributed by atoms with Crippen LogP contribution in [-0.2, 0) is 11.3 Å². The number of methoxy groups -OCH3 is 1. The number of para-hydroxylation sites is 1. The number of hydrogen-bond donors (Lipinski definition) is 2. The molecule has 0 radical (unpaired) electrons. The maximum Gasteiger partial charge on any atom is 0.226 e. The number of ether oxygens (including phenoxy) is 2. The summed E-state index contributed by atoms with van der Waals surface area (Å²) < 4.78 is 27.6. The molecule has 1 aliphatic rings. The van der Waals surface area contributed by atoms with Crippen LogP contribution in [0, 0.1) is 5.82 Å². The number of H-pyrrole nitrogens is 1. The molecule has 168 valence electrons. The minimum atomic E-state index is -0.357. The quantitative estimate of drug-likeness (QED) is 0.447. The highest BCUT2D eigenvalue weighted by atomic mass is 19.1. The zero-order chi connectivity index (χ0) is 22.8. The number of fused-ring (bicyclic) bond motifs is 1. The van der Waals surface area contributed by atoms with E-state index in [1.165, 1.54) is 12.1 Å². The van der Waals surface area contributed by atoms with Crippen molar-refractivity contribution < 1.29 is 18.7 Å². The van der Waals surface area contributed by atoms with Crippen LogP contribution in [0.15, 0.2) is 61.2 Å². The number of carbonyl (C=O) groups excluding carboxylic acids is 1. The molecule has 0 bridgehead atoms. The molecule has 1 atom stereocenters. The molecule has 0 spiro atoms. The molecule has 2 aromatic heterocycles. The van der Waals surface area contributed by atoms with Crippen molar-refractivity contribution in [2.75, 3.05) is 19.0 Å². The molecule has 33 heavy (non-hydrogen) atoms. The van der Waals surface area contributed by atoms with Gasteiger partial charge in [-0.3, -0.25) is 9.89 Å². The SMILES string of the molecule is COc1cccc(C2CC(=O)Nc3n[nH]c(-c4cccc(F)c4)c32)c1OCCn1ccnc1. The summed E-state index contributed by atoms with van der Waals surface area (Å²) in [4.78, 5) is 16.6. The predicted octanol–water partition coefficient (Wildman–Crippen LogP) is 3.97. The molecule has 0 aliphatic carbocycles. The lowest BCUT2D eigenvalue weighted by Gasteiger charge is -2.26. The van der Waals surface area contributed by atoms with Crippen molar-refractivity contribution >= 4 is 11.7 Å². The van der Waals surface area contributed by atoms with Crippen LogP contribution in [0.5, 0.6) is 11.5 Å². The van der Waals surface area contributed by atoms with Crippen molar-refractivity contribution in [3.63, 3.8) is 0 Å². The van der Waals surface area contributed by atoms with Crippen molar-refractivity contribution in [2.45, 2.75) is 18.9 Å². The standard InChI is InChI=1S/C24H22FN5O3/c1-32-19-7-3-6-17(23(19)33-11-10-30-9-8-26-14-30)18-13-20(31)27-24-21(18)22(28-29-24)15-4-2-5-16(25)12-15/h2-9,12,14,18H,10-11,13H2,1H3,(H2,27,28,29,31). The fourth-order valence-electron chi connectivity index (χ4n) is 4.18. The minimum Gasteiger partial charge on any atom is -0.493 e. The van der Waals surface area contributed by atoms with Gasteiger partial charge in [-0.1, -0.05) is 24.3 Å². The molecule has 9 heteroatoms. The zero-order valence-electron chi connectivity index (χ0n) is 17.9. The van der Waals surface area contributed by atoms with E-state index in [2.05, 4.69) is 20.5 Å². The number of aromatic nitrogens is 4. The second-order valence-corrected chi connectivity index (χ2v) is 7.70. The van der Waals surface area contributed by atoms with E-state index in [-0.39, 0.29) is 24.1 Å². The average Bonchev–Trinajstić information content (AvgIpc) is 3.48. The molecule has 0 saturated heterocycles. The molecule has 2 N–H and O–H groups in total. The Hall–Kier alpha value is -4.14. The fourth-order valence-corrected chi connectivity index (χ4v) is 4.18. The lowest BCUT2D eigenvalue weighted by atomic mass is 9.84. The largest absolute Gasteiger partial charge is 0.493 e. The molecule has 0 saturated carbocycles. The number of hydrogen-bond acceptors (Lipinski definition) is 5. The Bertz CT molecular complexity index is 1290. The van der Waals surface area contributed by atoms with E-state index in [1.807, 2.05) is 29.0 Å². The van der Waals surface area contributed by atoms with Crippen molar-refractivity contribution in [2.24, 2.45) is 0 Å². The van der Waals surface area contributed by atoms with E-state index < -0.39 is 0 Å². The first-order chi connectivity index (χ1) is 16.1. The Morgan fingerprint density at radius 2 is 2.12 bits per heavy atom. The van der Waals surface area contributed by atoms with Crippen molar-refractivity contribution in [1.82, 2.24) is 19.7 Å². The van der Waals surface area contributed by atoms with E-state index in [0.29, 0.717) is 41.7 Å². The van der Waals surface area contributed by atoms with Crippen LogP contribution in [0.3, 0.4) is 0 Å². The molecule has 0 fully saturated rings. The summed E-state index contributed by atoms with van der Waals surface area (Å²) >= 11 is 0. The third-order valence-corrected chi connectivity index (χ3v) is 5.67. The van der Waals surface area contributed by atoms with Gasteiger partial charge in [0.05, 0.1) is 25.7 Å². The van der Waals surface area contributed by atoms with Gasteiger partial charge in [-0.15, -0.1) is 0 Å². The van der Waals surface area contributed by atoms with Crippen LogP contribution in [0.2, 0.25) is 0 Å². The number of aromatic amines is 1. The van der Waals surface area contributed by atoms with E-state index in [4.69, 9.17) is 9.47 Å². The molecule has 1 amide bonds. The second-order valence-electron chi connectivity index (χ2n) is 7.70. The van der Waals surface area contributed by atoms with E-state index >= 15 is 0 Å². The Labute approximate surface area is 189 Å². The van der Waals surface area contributed by atoms with E-state index in [1.54, 1.807) is 31.8 Å². The molecule has 1 unspecified atom stereocenters. The fraction of sp³-hybridized carbons (Fsp3) is 0.208. The Kier molecular flexibility index (Phi) is 5.52. The first-order valence-corrected chi connectivity index (χ1v) is 10.5. The highest BCUT2D eigenvalue weighted by Gasteiger charge is 2.34. The van der Waals surface area contributed by atoms with E-state index in [9.17, 15) is 9.18 Å². The Balaban J connectivity index is 1.56. The van der Waals surface area contributed by atoms with Crippen LogP contribution in [0.25, 0.3) is 11.3 Å².